The molecule has 0 radical (unpaired) electrons. The zero-order valence-electron chi connectivity index (χ0n) is 16.7. The van der Waals surface area contributed by atoms with Gasteiger partial charge in [0.1, 0.15) is 16.5 Å². The molecule has 0 aliphatic rings. The molecule has 3 aromatic rings. The van der Waals surface area contributed by atoms with E-state index in [9.17, 15) is 9.59 Å². The summed E-state index contributed by atoms with van der Waals surface area (Å²) < 4.78 is 15.7. The van der Waals surface area contributed by atoms with E-state index >= 15 is 0 Å². The minimum Gasteiger partial charge on any atom is -0.497 e. The van der Waals surface area contributed by atoms with Crippen LogP contribution in [0.15, 0.2) is 48.0 Å². The number of nitrogens with one attached hydrogen (secondary N) is 1. The highest BCUT2D eigenvalue weighted by Gasteiger charge is 2.20. The Labute approximate surface area is 177 Å². The van der Waals surface area contributed by atoms with Crippen molar-refractivity contribution in [2.24, 2.45) is 0 Å². The first kappa shape index (κ1) is 21.3. The summed E-state index contributed by atoms with van der Waals surface area (Å²) in [7, 11) is 3.02. The van der Waals surface area contributed by atoms with Gasteiger partial charge < -0.3 is 19.5 Å². The third-order valence-electron chi connectivity index (χ3n) is 4.10. The molecular weight excluding hydrogens is 406 g/mol. The van der Waals surface area contributed by atoms with Gasteiger partial charge >= 0.3 is 5.97 Å². The van der Waals surface area contributed by atoms with E-state index in [2.05, 4.69) is 15.3 Å². The SMILES string of the molecule is COc1ccc(OC)c(NC(=O)C(C)OC(=O)Cc2csc(-c3ccccn3)n2)c1. The van der Waals surface area contributed by atoms with Gasteiger partial charge in [0, 0.05) is 17.6 Å². The summed E-state index contributed by atoms with van der Waals surface area (Å²) in [4.78, 5) is 33.3. The highest BCUT2D eigenvalue weighted by Crippen LogP contribution is 2.29. The van der Waals surface area contributed by atoms with Gasteiger partial charge in [0.25, 0.3) is 5.91 Å². The lowest BCUT2D eigenvalue weighted by Gasteiger charge is -2.15. The van der Waals surface area contributed by atoms with Crippen molar-refractivity contribution in [3.8, 4) is 22.2 Å². The number of carbonyl (C=O) groups excluding carboxylic acids is 2. The monoisotopic (exact) mass is 427 g/mol. The van der Waals surface area contributed by atoms with Crippen LogP contribution in [0.4, 0.5) is 5.69 Å². The molecule has 0 aliphatic heterocycles. The molecule has 2 heterocycles. The summed E-state index contributed by atoms with van der Waals surface area (Å²) in [5.41, 5.74) is 1.72. The van der Waals surface area contributed by atoms with Crippen molar-refractivity contribution in [3.63, 3.8) is 0 Å². The Hall–Kier alpha value is -3.46. The summed E-state index contributed by atoms with van der Waals surface area (Å²) in [6, 6.07) is 10.6. The van der Waals surface area contributed by atoms with Crippen molar-refractivity contribution >= 4 is 28.9 Å². The lowest BCUT2D eigenvalue weighted by molar-refractivity contribution is -0.152. The maximum absolute atomic E-state index is 12.5. The van der Waals surface area contributed by atoms with Crippen molar-refractivity contribution in [1.82, 2.24) is 9.97 Å². The van der Waals surface area contributed by atoms with Crippen LogP contribution in [0.5, 0.6) is 11.5 Å². The molecule has 1 amide bonds. The molecule has 3 rings (SSSR count). The zero-order valence-corrected chi connectivity index (χ0v) is 17.6. The van der Waals surface area contributed by atoms with Crippen LogP contribution in [0.25, 0.3) is 10.7 Å². The van der Waals surface area contributed by atoms with Crippen molar-refractivity contribution < 1.29 is 23.8 Å². The number of benzene rings is 1. The molecule has 8 nitrogen and oxygen atoms in total. The Bertz CT molecular complexity index is 1020. The second kappa shape index (κ2) is 9.84. The summed E-state index contributed by atoms with van der Waals surface area (Å²) in [5.74, 6) is -0.00864. The average Bonchev–Trinajstić information content (AvgIpc) is 3.22. The van der Waals surface area contributed by atoms with Gasteiger partial charge in [-0.1, -0.05) is 6.07 Å². The number of nitrogens with zero attached hydrogens (tertiary/aromatic N) is 2. The fraction of sp³-hybridized carbons (Fsp3) is 0.238. The maximum Gasteiger partial charge on any atom is 0.312 e. The Balaban J connectivity index is 1.58. The number of amides is 1. The molecule has 0 aliphatic carbocycles. The molecule has 2 aromatic heterocycles. The molecule has 1 N–H and O–H groups in total. The Morgan fingerprint density at radius 3 is 2.70 bits per heavy atom. The topological polar surface area (TPSA) is 99.6 Å². The lowest BCUT2D eigenvalue weighted by Crippen LogP contribution is -2.30. The molecule has 9 heteroatoms. The first-order valence-corrected chi connectivity index (χ1v) is 9.96. The molecule has 0 spiro atoms. The van der Waals surface area contributed by atoms with Crippen LogP contribution in [0.2, 0.25) is 0 Å². The van der Waals surface area contributed by atoms with Crippen LogP contribution in [-0.2, 0) is 20.7 Å². The predicted molar refractivity (Wildman–Crippen MR) is 113 cm³/mol. The molecule has 0 saturated heterocycles. The highest BCUT2D eigenvalue weighted by atomic mass is 32.1. The molecule has 0 fully saturated rings. The predicted octanol–water partition coefficient (Wildman–Crippen LogP) is 3.34. The lowest BCUT2D eigenvalue weighted by atomic mass is 10.2. The molecule has 1 unspecified atom stereocenters. The molecule has 0 saturated carbocycles. The largest absolute Gasteiger partial charge is 0.497 e. The van der Waals surface area contributed by atoms with Crippen LogP contribution >= 0.6 is 11.3 Å². The van der Waals surface area contributed by atoms with Crippen LogP contribution < -0.4 is 14.8 Å². The van der Waals surface area contributed by atoms with E-state index in [1.165, 1.54) is 32.5 Å². The Morgan fingerprint density at radius 1 is 1.17 bits per heavy atom. The molecule has 30 heavy (non-hydrogen) atoms. The van der Waals surface area contributed by atoms with Crippen LogP contribution in [0.1, 0.15) is 12.6 Å². The van der Waals surface area contributed by atoms with E-state index in [1.54, 1.807) is 29.8 Å². The van der Waals surface area contributed by atoms with Crippen LogP contribution in [0.3, 0.4) is 0 Å². The van der Waals surface area contributed by atoms with Gasteiger partial charge in [-0.25, -0.2) is 4.98 Å². The van der Waals surface area contributed by atoms with E-state index in [-0.39, 0.29) is 6.42 Å². The fourth-order valence-corrected chi connectivity index (χ4v) is 3.38. The number of carbonyl (C=O) groups is 2. The number of aromatic nitrogens is 2. The number of hydrogen-bond donors (Lipinski definition) is 1. The molecule has 156 valence electrons. The van der Waals surface area contributed by atoms with E-state index in [4.69, 9.17) is 14.2 Å². The first-order chi connectivity index (χ1) is 14.5. The second-order valence-corrected chi connectivity index (χ2v) is 7.08. The summed E-state index contributed by atoms with van der Waals surface area (Å²) in [6.07, 6.45) is 0.647. The Kier molecular flexibility index (Phi) is 6.97. The minimum absolute atomic E-state index is 0.0383. The minimum atomic E-state index is -0.998. The number of thiazole rings is 1. The zero-order chi connectivity index (χ0) is 21.5. The van der Waals surface area contributed by atoms with E-state index < -0.39 is 18.0 Å². The van der Waals surface area contributed by atoms with Gasteiger partial charge in [0.05, 0.1) is 37.7 Å². The van der Waals surface area contributed by atoms with Crippen molar-refractivity contribution in [2.45, 2.75) is 19.4 Å². The van der Waals surface area contributed by atoms with E-state index in [0.717, 1.165) is 5.69 Å². The fourth-order valence-electron chi connectivity index (χ4n) is 2.58. The highest BCUT2D eigenvalue weighted by molar-refractivity contribution is 7.13. The second-order valence-electron chi connectivity index (χ2n) is 6.22. The summed E-state index contributed by atoms with van der Waals surface area (Å²) >= 11 is 1.39. The third-order valence-corrected chi connectivity index (χ3v) is 5.02. The molecular formula is C21H21N3O5S. The molecule has 0 bridgehead atoms. The summed E-state index contributed by atoms with van der Waals surface area (Å²) in [6.45, 7) is 1.50. The number of pyridine rings is 1. The third kappa shape index (κ3) is 5.32. The van der Waals surface area contributed by atoms with E-state index in [0.29, 0.717) is 27.9 Å². The van der Waals surface area contributed by atoms with Gasteiger partial charge in [-0.05, 0) is 31.2 Å². The normalized spacial score (nSPS) is 11.4. The summed E-state index contributed by atoms with van der Waals surface area (Å²) in [5, 5.41) is 5.18. The van der Waals surface area contributed by atoms with Crippen molar-refractivity contribution in [2.75, 3.05) is 19.5 Å². The standard InChI is InChI=1S/C21H21N3O5S/c1-13(20(26)24-17-11-15(27-2)7-8-18(17)28-3)29-19(25)10-14-12-30-21(23-14)16-6-4-5-9-22-16/h4-9,11-13H,10H2,1-3H3,(H,24,26). The van der Waals surface area contributed by atoms with Crippen molar-refractivity contribution in [1.29, 1.82) is 0 Å². The van der Waals surface area contributed by atoms with Gasteiger partial charge in [0.2, 0.25) is 0 Å². The van der Waals surface area contributed by atoms with Gasteiger partial charge in [-0.15, -0.1) is 11.3 Å². The van der Waals surface area contributed by atoms with Crippen LogP contribution in [0, 0.1) is 0 Å². The Morgan fingerprint density at radius 2 is 2.00 bits per heavy atom. The number of methoxy groups -OCH3 is 2. The van der Waals surface area contributed by atoms with Crippen molar-refractivity contribution in [3.05, 3.63) is 53.7 Å². The number of anilines is 1. The van der Waals surface area contributed by atoms with Crippen LogP contribution in [-0.4, -0.2) is 42.2 Å². The van der Waals surface area contributed by atoms with Gasteiger partial charge in [-0.2, -0.15) is 0 Å². The average molecular weight is 427 g/mol. The smallest absolute Gasteiger partial charge is 0.312 e. The maximum atomic E-state index is 12.5. The number of rotatable bonds is 8. The number of hydrogen-bond acceptors (Lipinski definition) is 8. The van der Waals surface area contributed by atoms with Gasteiger partial charge in [0.15, 0.2) is 6.10 Å². The number of esters is 1. The number of ether oxygens (including phenoxy) is 3. The molecule has 1 aromatic carbocycles. The quantitative estimate of drug-likeness (QED) is 0.551. The first-order valence-electron chi connectivity index (χ1n) is 9.08. The molecule has 1 atom stereocenters. The van der Waals surface area contributed by atoms with E-state index in [1.807, 2.05) is 18.2 Å². The van der Waals surface area contributed by atoms with Gasteiger partial charge in [-0.3, -0.25) is 14.6 Å².